The Morgan fingerprint density at radius 2 is 1.84 bits per heavy atom. The fraction of sp³-hybridized carbons (Fsp3) is 0.273. The maximum atomic E-state index is 12.0. The van der Waals surface area contributed by atoms with Crippen LogP contribution in [0.25, 0.3) is 0 Å². The van der Waals surface area contributed by atoms with Crippen LogP contribution in [0, 0.1) is 6.92 Å². The van der Waals surface area contributed by atoms with E-state index >= 15 is 0 Å². The van der Waals surface area contributed by atoms with Gasteiger partial charge in [0.1, 0.15) is 5.75 Å². The van der Waals surface area contributed by atoms with Crippen LogP contribution in [0.15, 0.2) is 22.7 Å². The Balaban J connectivity index is 2.22. The van der Waals surface area contributed by atoms with Crippen molar-refractivity contribution in [3.63, 3.8) is 0 Å². The van der Waals surface area contributed by atoms with Crippen molar-refractivity contribution >= 4 is 33.0 Å². The molecule has 0 bridgehead atoms. The van der Waals surface area contributed by atoms with E-state index in [1.807, 2.05) is 0 Å². The third kappa shape index (κ3) is 3.68. The highest BCUT2D eigenvalue weighted by Crippen LogP contribution is 2.27. The summed E-state index contributed by atoms with van der Waals surface area (Å²) in [6.45, 7) is 1.62. The van der Waals surface area contributed by atoms with Crippen molar-refractivity contribution < 1.29 is 12.9 Å². The number of aromatic nitrogens is 2. The molecule has 5 nitrogen and oxygen atoms in total. The van der Waals surface area contributed by atoms with Gasteiger partial charge in [-0.2, -0.15) is 4.98 Å². The van der Waals surface area contributed by atoms with Crippen LogP contribution in [0.1, 0.15) is 17.3 Å². The first-order valence-electron chi connectivity index (χ1n) is 5.30. The number of rotatable bonds is 4. The molecule has 8 heteroatoms. The van der Waals surface area contributed by atoms with Gasteiger partial charge in [-0.15, -0.1) is 0 Å². The zero-order chi connectivity index (χ0) is 14.0. The number of hydrogen-bond donors (Lipinski definition) is 0. The summed E-state index contributed by atoms with van der Waals surface area (Å²) in [4.78, 5) is 3.86. The summed E-state index contributed by atoms with van der Waals surface area (Å²) in [6.07, 6.45) is 0. The van der Waals surface area contributed by atoms with E-state index in [2.05, 4.69) is 10.1 Å². The Kier molecular flexibility index (Phi) is 4.13. The lowest BCUT2D eigenvalue weighted by Crippen LogP contribution is -2.08. The summed E-state index contributed by atoms with van der Waals surface area (Å²) in [5.74, 6) is -0.163. The first-order valence-corrected chi connectivity index (χ1v) is 7.87. The Morgan fingerprint density at radius 1 is 1.21 bits per heavy atom. The van der Waals surface area contributed by atoms with Crippen molar-refractivity contribution in [3.8, 4) is 0 Å². The lowest BCUT2D eigenvalue weighted by Gasteiger charge is -2.06. The van der Waals surface area contributed by atoms with Crippen molar-refractivity contribution in [1.82, 2.24) is 10.1 Å². The maximum absolute atomic E-state index is 12.0. The average molecular weight is 321 g/mol. The van der Waals surface area contributed by atoms with Crippen LogP contribution in [-0.2, 0) is 21.3 Å². The number of halogens is 2. The molecule has 0 saturated carbocycles. The zero-order valence-electron chi connectivity index (χ0n) is 9.93. The van der Waals surface area contributed by atoms with E-state index in [4.69, 9.17) is 27.7 Å². The van der Waals surface area contributed by atoms with Gasteiger partial charge in [0, 0.05) is 15.6 Å². The van der Waals surface area contributed by atoms with Crippen LogP contribution < -0.4 is 0 Å². The molecule has 0 spiro atoms. The highest BCUT2D eigenvalue weighted by molar-refractivity contribution is 7.89. The predicted octanol–water partition coefficient (Wildman–Crippen LogP) is 2.80. The van der Waals surface area contributed by atoms with Gasteiger partial charge in [0.2, 0.25) is 5.89 Å². The van der Waals surface area contributed by atoms with Crippen LogP contribution >= 0.6 is 23.2 Å². The monoisotopic (exact) mass is 320 g/mol. The smallest absolute Gasteiger partial charge is 0.241 e. The molecular formula is C11H10Cl2N2O3S. The van der Waals surface area contributed by atoms with Gasteiger partial charge in [-0.05, 0) is 19.1 Å². The first-order chi connectivity index (χ1) is 8.87. The first kappa shape index (κ1) is 14.3. The van der Waals surface area contributed by atoms with Crippen molar-refractivity contribution in [2.45, 2.75) is 18.4 Å². The molecule has 2 rings (SSSR count). The van der Waals surface area contributed by atoms with Crippen molar-refractivity contribution in [1.29, 1.82) is 0 Å². The molecule has 19 heavy (non-hydrogen) atoms. The summed E-state index contributed by atoms with van der Waals surface area (Å²) in [5, 5.41) is 4.18. The highest BCUT2D eigenvalue weighted by Gasteiger charge is 2.20. The van der Waals surface area contributed by atoms with Gasteiger partial charge in [0.25, 0.3) is 0 Å². The molecule has 0 aliphatic rings. The lowest BCUT2D eigenvalue weighted by atomic mass is 10.2. The minimum absolute atomic E-state index is 0.0562. The van der Waals surface area contributed by atoms with E-state index in [9.17, 15) is 8.42 Å². The summed E-state index contributed by atoms with van der Waals surface area (Å²) < 4.78 is 28.9. The molecule has 0 radical (unpaired) electrons. The Morgan fingerprint density at radius 3 is 2.37 bits per heavy atom. The molecule has 0 N–H and O–H groups in total. The molecule has 0 unspecified atom stereocenters. The average Bonchev–Trinajstić information content (AvgIpc) is 2.69. The fourth-order valence-corrected chi connectivity index (χ4v) is 3.56. The van der Waals surface area contributed by atoms with Gasteiger partial charge in [-0.25, -0.2) is 8.42 Å². The van der Waals surface area contributed by atoms with E-state index in [1.165, 1.54) is 0 Å². The SMILES string of the molecule is Cc1noc(CS(=O)(=O)Cc2c(Cl)cccc2Cl)n1. The molecule has 0 aliphatic heterocycles. The normalized spacial score (nSPS) is 11.7. The summed E-state index contributed by atoms with van der Waals surface area (Å²) in [7, 11) is -3.48. The molecule has 0 atom stereocenters. The molecule has 2 aromatic rings. The second-order valence-electron chi connectivity index (χ2n) is 3.97. The summed E-state index contributed by atoms with van der Waals surface area (Å²) in [5.41, 5.74) is 0.377. The minimum atomic E-state index is -3.48. The van der Waals surface area contributed by atoms with E-state index in [1.54, 1.807) is 25.1 Å². The van der Waals surface area contributed by atoms with Crippen LogP contribution in [0.5, 0.6) is 0 Å². The Labute approximate surface area is 120 Å². The minimum Gasteiger partial charge on any atom is -0.338 e. The predicted molar refractivity (Wildman–Crippen MR) is 71.8 cm³/mol. The van der Waals surface area contributed by atoms with Gasteiger partial charge >= 0.3 is 0 Å². The molecule has 0 amide bonds. The molecular weight excluding hydrogens is 311 g/mol. The van der Waals surface area contributed by atoms with Gasteiger partial charge in [-0.3, -0.25) is 0 Å². The number of benzene rings is 1. The number of sulfone groups is 1. The van der Waals surface area contributed by atoms with Crippen LogP contribution in [0.4, 0.5) is 0 Å². The van der Waals surface area contributed by atoms with Crippen LogP contribution in [0.2, 0.25) is 10.0 Å². The van der Waals surface area contributed by atoms with Crippen molar-refractivity contribution in [2.75, 3.05) is 0 Å². The Hall–Kier alpha value is -1.11. The van der Waals surface area contributed by atoms with Crippen molar-refractivity contribution in [3.05, 3.63) is 45.5 Å². The molecule has 0 fully saturated rings. The van der Waals surface area contributed by atoms with E-state index < -0.39 is 9.84 Å². The van der Waals surface area contributed by atoms with E-state index in [0.29, 0.717) is 21.4 Å². The standard InChI is InChI=1S/C11H10Cl2N2O3S/c1-7-14-11(18-15-7)6-19(16,17)5-8-9(12)3-2-4-10(8)13/h2-4H,5-6H2,1H3. The summed E-state index contributed by atoms with van der Waals surface area (Å²) in [6, 6.07) is 4.84. The van der Waals surface area contributed by atoms with Crippen LogP contribution in [-0.4, -0.2) is 18.6 Å². The number of hydrogen-bond acceptors (Lipinski definition) is 5. The third-order valence-electron chi connectivity index (χ3n) is 2.34. The summed E-state index contributed by atoms with van der Waals surface area (Å²) >= 11 is 11.9. The van der Waals surface area contributed by atoms with Gasteiger partial charge in [-0.1, -0.05) is 34.4 Å². The van der Waals surface area contributed by atoms with Gasteiger partial charge < -0.3 is 4.52 Å². The molecule has 102 valence electrons. The van der Waals surface area contributed by atoms with Crippen LogP contribution in [0.3, 0.4) is 0 Å². The second kappa shape index (κ2) is 5.48. The lowest BCUT2D eigenvalue weighted by molar-refractivity contribution is 0.384. The van der Waals surface area contributed by atoms with E-state index in [0.717, 1.165) is 0 Å². The second-order valence-corrected chi connectivity index (χ2v) is 6.85. The fourth-order valence-electron chi connectivity index (χ4n) is 1.53. The maximum Gasteiger partial charge on any atom is 0.241 e. The molecule has 1 aromatic heterocycles. The number of aryl methyl sites for hydroxylation is 1. The number of nitrogens with zero attached hydrogens (tertiary/aromatic N) is 2. The molecule has 1 aromatic carbocycles. The van der Waals surface area contributed by atoms with Crippen molar-refractivity contribution in [2.24, 2.45) is 0 Å². The van der Waals surface area contributed by atoms with E-state index in [-0.39, 0.29) is 17.4 Å². The third-order valence-corrected chi connectivity index (χ3v) is 4.46. The Bertz CT molecular complexity index is 677. The molecule has 1 heterocycles. The molecule has 0 aliphatic carbocycles. The zero-order valence-corrected chi connectivity index (χ0v) is 12.3. The van der Waals surface area contributed by atoms with Gasteiger partial charge in [0.15, 0.2) is 15.7 Å². The van der Waals surface area contributed by atoms with Gasteiger partial charge in [0.05, 0.1) is 5.75 Å². The molecule has 0 saturated heterocycles. The largest absolute Gasteiger partial charge is 0.338 e. The highest BCUT2D eigenvalue weighted by atomic mass is 35.5. The topological polar surface area (TPSA) is 73.1 Å². The quantitative estimate of drug-likeness (QED) is 0.866.